The third-order valence-electron chi connectivity index (χ3n) is 5.93. The molecule has 1 N–H and O–H groups in total. The number of nitrogens with zero attached hydrogens (tertiary/aromatic N) is 3. The van der Waals surface area contributed by atoms with Crippen molar-refractivity contribution >= 4 is 22.6 Å². The normalized spacial score (nSPS) is 10.9. The molecule has 0 fully saturated rings. The van der Waals surface area contributed by atoms with E-state index in [1.165, 1.54) is 5.56 Å². The van der Waals surface area contributed by atoms with Gasteiger partial charge in [-0.2, -0.15) is 0 Å². The van der Waals surface area contributed by atoms with Gasteiger partial charge in [0, 0.05) is 26.2 Å². The first-order chi connectivity index (χ1) is 17.2. The number of aryl methyl sites for hydroxylation is 1. The van der Waals surface area contributed by atoms with Crippen molar-refractivity contribution in [1.82, 2.24) is 14.0 Å². The highest BCUT2D eigenvalue weighted by Crippen LogP contribution is 2.23. The predicted octanol–water partition coefficient (Wildman–Crippen LogP) is 6.59. The van der Waals surface area contributed by atoms with Crippen LogP contribution in [0.5, 0.6) is 5.75 Å². The SMILES string of the molecule is CC.CCN(CCn1c(=N)n(CCCOc2ccccc2Cl)c2ccccc21)Cc1ccccc1. The third kappa shape index (κ3) is 7.00. The Kier molecular flexibility index (Phi) is 10.5. The maximum Gasteiger partial charge on any atom is 0.203 e. The number of nitrogens with one attached hydrogen (secondary N) is 1. The third-order valence-corrected chi connectivity index (χ3v) is 6.24. The van der Waals surface area contributed by atoms with Crippen LogP contribution < -0.4 is 10.4 Å². The Morgan fingerprint density at radius 3 is 2.09 bits per heavy atom. The molecule has 0 atom stereocenters. The molecule has 0 spiro atoms. The molecule has 35 heavy (non-hydrogen) atoms. The molecule has 0 aliphatic heterocycles. The zero-order chi connectivity index (χ0) is 25.0. The van der Waals surface area contributed by atoms with E-state index in [-0.39, 0.29) is 0 Å². The molecule has 0 amide bonds. The molecule has 4 aromatic rings. The van der Waals surface area contributed by atoms with Crippen molar-refractivity contribution in [3.63, 3.8) is 0 Å². The first-order valence-corrected chi connectivity index (χ1v) is 12.9. The molecule has 0 aliphatic rings. The lowest BCUT2D eigenvalue weighted by atomic mass is 10.2. The number of imidazole rings is 1. The van der Waals surface area contributed by atoms with E-state index in [9.17, 15) is 0 Å². The Labute approximate surface area is 214 Å². The van der Waals surface area contributed by atoms with Gasteiger partial charge < -0.3 is 13.9 Å². The number of likely N-dealkylation sites (N-methyl/N-ethyl adjacent to an activating group) is 1. The maximum absolute atomic E-state index is 8.88. The zero-order valence-electron chi connectivity index (χ0n) is 21.1. The second-order valence-electron chi connectivity index (χ2n) is 8.10. The van der Waals surface area contributed by atoms with E-state index in [2.05, 4.69) is 63.4 Å². The van der Waals surface area contributed by atoms with Crippen LogP contribution in [0.3, 0.4) is 0 Å². The van der Waals surface area contributed by atoms with Crippen molar-refractivity contribution < 1.29 is 4.74 Å². The number of fused-ring (bicyclic) bond motifs is 1. The number of hydrogen-bond acceptors (Lipinski definition) is 3. The summed E-state index contributed by atoms with van der Waals surface area (Å²) < 4.78 is 10.1. The lowest BCUT2D eigenvalue weighted by Crippen LogP contribution is -2.32. The smallest absolute Gasteiger partial charge is 0.203 e. The van der Waals surface area contributed by atoms with Gasteiger partial charge in [0.1, 0.15) is 5.75 Å². The average molecular weight is 493 g/mol. The Morgan fingerprint density at radius 2 is 1.43 bits per heavy atom. The predicted molar refractivity (Wildman–Crippen MR) is 146 cm³/mol. The number of para-hydroxylation sites is 3. The van der Waals surface area contributed by atoms with Crippen molar-refractivity contribution in [2.75, 3.05) is 19.7 Å². The summed E-state index contributed by atoms with van der Waals surface area (Å²) in [5.41, 5.74) is 4.04. The molecular weight excluding hydrogens is 456 g/mol. The topological polar surface area (TPSA) is 46.2 Å². The van der Waals surface area contributed by atoms with Gasteiger partial charge in [0.15, 0.2) is 0 Å². The van der Waals surface area contributed by atoms with Crippen LogP contribution in [0, 0.1) is 5.41 Å². The number of rotatable bonds is 11. The summed E-state index contributed by atoms with van der Waals surface area (Å²) in [7, 11) is 0. The van der Waals surface area contributed by atoms with Gasteiger partial charge in [-0.05, 0) is 42.8 Å². The van der Waals surface area contributed by atoms with Crippen LogP contribution in [0.25, 0.3) is 11.0 Å². The van der Waals surface area contributed by atoms with Crippen molar-refractivity contribution in [1.29, 1.82) is 5.41 Å². The van der Waals surface area contributed by atoms with Gasteiger partial charge in [0.05, 0.1) is 22.7 Å². The molecular formula is C29H37ClN4O. The van der Waals surface area contributed by atoms with Crippen LogP contribution >= 0.6 is 11.6 Å². The van der Waals surface area contributed by atoms with Crippen LogP contribution in [0.4, 0.5) is 0 Å². The molecule has 5 nitrogen and oxygen atoms in total. The summed E-state index contributed by atoms with van der Waals surface area (Å²) in [6.07, 6.45) is 0.796. The Balaban J connectivity index is 0.00000167. The summed E-state index contributed by atoms with van der Waals surface area (Å²) in [5.74, 6) is 0.704. The molecule has 1 heterocycles. The van der Waals surface area contributed by atoms with Gasteiger partial charge in [-0.1, -0.05) is 87.0 Å². The fourth-order valence-electron chi connectivity index (χ4n) is 4.15. The van der Waals surface area contributed by atoms with Gasteiger partial charge in [-0.3, -0.25) is 10.3 Å². The average Bonchev–Trinajstić information content (AvgIpc) is 3.17. The summed E-state index contributed by atoms with van der Waals surface area (Å²) in [6.45, 7) is 11.0. The van der Waals surface area contributed by atoms with Gasteiger partial charge in [-0.25, -0.2) is 0 Å². The molecule has 186 valence electrons. The van der Waals surface area contributed by atoms with Gasteiger partial charge in [-0.15, -0.1) is 0 Å². The van der Waals surface area contributed by atoms with Crippen LogP contribution in [0.2, 0.25) is 5.02 Å². The Hall–Kier alpha value is -3.02. The quantitative estimate of drug-likeness (QED) is 0.240. The first-order valence-electron chi connectivity index (χ1n) is 12.5. The Morgan fingerprint density at radius 1 is 0.829 bits per heavy atom. The lowest BCUT2D eigenvalue weighted by molar-refractivity contribution is 0.266. The second kappa shape index (κ2) is 13.8. The van der Waals surface area contributed by atoms with E-state index in [0.717, 1.165) is 50.2 Å². The van der Waals surface area contributed by atoms with Crippen molar-refractivity contribution in [3.8, 4) is 5.75 Å². The van der Waals surface area contributed by atoms with Gasteiger partial charge in [0.2, 0.25) is 5.62 Å². The van der Waals surface area contributed by atoms with Gasteiger partial charge >= 0.3 is 0 Å². The van der Waals surface area contributed by atoms with Crippen LogP contribution in [-0.2, 0) is 19.6 Å². The van der Waals surface area contributed by atoms with E-state index >= 15 is 0 Å². The molecule has 0 bridgehead atoms. The van der Waals surface area contributed by atoms with Crippen molar-refractivity contribution in [3.05, 3.63) is 95.1 Å². The molecule has 6 heteroatoms. The summed E-state index contributed by atoms with van der Waals surface area (Å²) >= 11 is 6.18. The molecule has 0 unspecified atom stereocenters. The van der Waals surface area contributed by atoms with Crippen LogP contribution in [-0.4, -0.2) is 33.7 Å². The van der Waals surface area contributed by atoms with Crippen LogP contribution in [0.15, 0.2) is 78.9 Å². The largest absolute Gasteiger partial charge is 0.492 e. The number of hydrogen-bond donors (Lipinski definition) is 1. The molecule has 3 aromatic carbocycles. The molecule has 0 aliphatic carbocycles. The summed E-state index contributed by atoms with van der Waals surface area (Å²) in [4.78, 5) is 2.42. The number of halogens is 1. The first kappa shape index (κ1) is 26.6. The van der Waals surface area contributed by atoms with E-state index in [1.54, 1.807) is 0 Å². The van der Waals surface area contributed by atoms with Gasteiger partial charge in [0.25, 0.3) is 0 Å². The fraction of sp³-hybridized carbons (Fsp3) is 0.345. The van der Waals surface area contributed by atoms with E-state index < -0.39 is 0 Å². The fourth-order valence-corrected chi connectivity index (χ4v) is 4.34. The summed E-state index contributed by atoms with van der Waals surface area (Å²) in [6, 6.07) is 26.4. The molecule has 0 saturated carbocycles. The lowest BCUT2D eigenvalue weighted by Gasteiger charge is -2.21. The van der Waals surface area contributed by atoms with E-state index in [1.807, 2.05) is 50.2 Å². The standard InChI is InChI=1S/C27H31ClN4O.C2H6/c1-2-30(21-22-11-4-3-5-12-22)18-19-32-25-15-8-7-14-24(25)31(27(32)29)17-10-20-33-26-16-9-6-13-23(26)28;1-2/h3-9,11-16,29H,2,10,17-21H2,1H3;1-2H3. The maximum atomic E-state index is 8.88. The molecule has 4 rings (SSSR count). The molecule has 1 aromatic heterocycles. The van der Waals surface area contributed by atoms with Crippen molar-refractivity contribution in [2.45, 2.75) is 46.8 Å². The van der Waals surface area contributed by atoms with Crippen LogP contribution in [0.1, 0.15) is 32.8 Å². The van der Waals surface area contributed by atoms with Crippen molar-refractivity contribution in [2.24, 2.45) is 0 Å². The number of benzene rings is 3. The Bertz CT molecular complexity index is 1230. The highest BCUT2D eigenvalue weighted by molar-refractivity contribution is 6.32. The highest BCUT2D eigenvalue weighted by atomic mass is 35.5. The monoisotopic (exact) mass is 492 g/mol. The minimum absolute atomic E-state index is 0.532. The molecule has 0 saturated heterocycles. The highest BCUT2D eigenvalue weighted by Gasteiger charge is 2.12. The number of ether oxygens (including phenoxy) is 1. The summed E-state index contributed by atoms with van der Waals surface area (Å²) in [5, 5.41) is 9.50. The minimum Gasteiger partial charge on any atom is -0.492 e. The van der Waals surface area contributed by atoms with E-state index in [0.29, 0.717) is 23.0 Å². The van der Waals surface area contributed by atoms with E-state index in [4.69, 9.17) is 21.7 Å². The molecule has 0 radical (unpaired) electrons. The second-order valence-corrected chi connectivity index (χ2v) is 8.51. The minimum atomic E-state index is 0.532. The number of aromatic nitrogens is 2. The zero-order valence-corrected chi connectivity index (χ0v) is 21.8.